The number of aliphatic hydroxyl groups excluding tert-OH is 2. The van der Waals surface area contributed by atoms with Gasteiger partial charge in [-0.3, -0.25) is 9.80 Å². The molecule has 0 bridgehead atoms. The first kappa shape index (κ1) is 14.1. The van der Waals surface area contributed by atoms with E-state index in [9.17, 15) is 15.0 Å². The molecule has 2 aliphatic carbocycles. The van der Waals surface area contributed by atoms with Crippen molar-refractivity contribution < 1.29 is 15.0 Å². The lowest BCUT2D eigenvalue weighted by Crippen LogP contribution is -2.45. The summed E-state index contributed by atoms with van der Waals surface area (Å²) in [6.45, 7) is 0. The number of rotatable bonds is 2. The third kappa shape index (κ3) is 2.42. The lowest BCUT2D eigenvalue weighted by Gasteiger charge is -2.34. The number of hydrogen-bond acceptors (Lipinski definition) is 3. The van der Waals surface area contributed by atoms with Crippen LogP contribution in [0.5, 0.6) is 0 Å². The Kier molecular flexibility index (Phi) is 4.17. The molecule has 1 saturated heterocycles. The molecule has 114 valence electrons. The zero-order valence-electron chi connectivity index (χ0n) is 12.1. The molecule has 5 heteroatoms. The summed E-state index contributed by atoms with van der Waals surface area (Å²) in [6, 6.07) is 0.0628. The van der Waals surface area contributed by atoms with E-state index >= 15 is 0 Å². The highest BCUT2D eigenvalue weighted by Crippen LogP contribution is 2.34. The first-order valence-electron chi connectivity index (χ1n) is 8.17. The van der Waals surface area contributed by atoms with Gasteiger partial charge in [-0.2, -0.15) is 0 Å². The number of nitrogens with zero attached hydrogens (tertiary/aromatic N) is 2. The van der Waals surface area contributed by atoms with Crippen molar-refractivity contribution in [1.29, 1.82) is 0 Å². The summed E-state index contributed by atoms with van der Waals surface area (Å²) in [6.07, 6.45) is 8.58. The van der Waals surface area contributed by atoms with Crippen LogP contribution in [0.2, 0.25) is 0 Å². The van der Waals surface area contributed by atoms with E-state index in [1.807, 2.05) is 0 Å². The second-order valence-electron chi connectivity index (χ2n) is 6.51. The maximum Gasteiger partial charge on any atom is 0.324 e. The van der Waals surface area contributed by atoms with Crippen molar-refractivity contribution in [3.05, 3.63) is 0 Å². The number of aliphatic hydroxyl groups is 2. The SMILES string of the molecule is O=C1N(C2CCCCC2)C(O)C(O)N1C1CCCCC1. The molecule has 0 spiro atoms. The molecule has 3 fully saturated rings. The molecule has 20 heavy (non-hydrogen) atoms. The molecule has 0 aromatic heterocycles. The van der Waals surface area contributed by atoms with Crippen molar-refractivity contribution in [3.63, 3.8) is 0 Å². The molecule has 0 radical (unpaired) electrons. The van der Waals surface area contributed by atoms with E-state index in [2.05, 4.69) is 0 Å². The topological polar surface area (TPSA) is 64.0 Å². The first-order chi connectivity index (χ1) is 9.70. The summed E-state index contributed by atoms with van der Waals surface area (Å²) in [5.41, 5.74) is 0. The van der Waals surface area contributed by atoms with Crippen LogP contribution in [-0.2, 0) is 0 Å². The molecule has 2 atom stereocenters. The van der Waals surface area contributed by atoms with Crippen molar-refractivity contribution in [1.82, 2.24) is 9.80 Å². The molecule has 3 rings (SSSR count). The summed E-state index contributed by atoms with van der Waals surface area (Å²) in [5, 5.41) is 20.6. The Hall–Kier alpha value is -0.810. The summed E-state index contributed by atoms with van der Waals surface area (Å²) in [4.78, 5) is 15.8. The molecule has 2 saturated carbocycles. The van der Waals surface area contributed by atoms with Gasteiger partial charge in [-0.25, -0.2) is 4.79 Å². The predicted molar refractivity (Wildman–Crippen MR) is 74.8 cm³/mol. The smallest absolute Gasteiger partial charge is 0.324 e. The van der Waals surface area contributed by atoms with E-state index in [1.54, 1.807) is 9.80 Å². The highest BCUT2D eigenvalue weighted by Gasteiger charge is 2.49. The lowest BCUT2D eigenvalue weighted by molar-refractivity contribution is -0.0873. The maximum atomic E-state index is 12.7. The summed E-state index contributed by atoms with van der Waals surface area (Å²) in [7, 11) is 0. The molecule has 1 aliphatic heterocycles. The molecule has 1 heterocycles. The molecule has 0 aromatic rings. The van der Waals surface area contributed by atoms with Crippen LogP contribution < -0.4 is 0 Å². The van der Waals surface area contributed by atoms with E-state index in [-0.39, 0.29) is 18.1 Å². The lowest BCUT2D eigenvalue weighted by atomic mass is 9.94. The maximum absolute atomic E-state index is 12.7. The Morgan fingerprint density at radius 3 is 1.40 bits per heavy atom. The van der Waals surface area contributed by atoms with Crippen molar-refractivity contribution >= 4 is 6.03 Å². The second kappa shape index (κ2) is 5.90. The normalized spacial score (nSPS) is 34.0. The quantitative estimate of drug-likeness (QED) is 0.814. The molecule has 2 N–H and O–H groups in total. The Morgan fingerprint density at radius 2 is 1.05 bits per heavy atom. The van der Waals surface area contributed by atoms with Crippen LogP contribution in [0.1, 0.15) is 64.2 Å². The fourth-order valence-corrected chi connectivity index (χ4v) is 4.11. The largest absolute Gasteiger partial charge is 0.369 e. The minimum absolute atomic E-state index is 0.106. The molecule has 5 nitrogen and oxygen atoms in total. The molecule has 2 amide bonds. The van der Waals surface area contributed by atoms with Gasteiger partial charge in [0.1, 0.15) is 0 Å². The molecular weight excluding hydrogens is 256 g/mol. The van der Waals surface area contributed by atoms with Gasteiger partial charge >= 0.3 is 6.03 Å². The van der Waals surface area contributed by atoms with E-state index in [4.69, 9.17) is 0 Å². The van der Waals surface area contributed by atoms with Gasteiger partial charge in [-0.15, -0.1) is 0 Å². The summed E-state index contributed by atoms with van der Waals surface area (Å²) < 4.78 is 0. The van der Waals surface area contributed by atoms with Gasteiger partial charge < -0.3 is 10.2 Å². The Morgan fingerprint density at radius 1 is 0.700 bits per heavy atom. The minimum atomic E-state index is -1.05. The van der Waals surface area contributed by atoms with Gasteiger partial charge in [0.2, 0.25) is 0 Å². The van der Waals surface area contributed by atoms with Crippen molar-refractivity contribution in [2.45, 2.75) is 88.7 Å². The average molecular weight is 282 g/mol. The number of hydrogen-bond donors (Lipinski definition) is 2. The zero-order valence-corrected chi connectivity index (χ0v) is 12.1. The first-order valence-corrected chi connectivity index (χ1v) is 8.17. The van der Waals surface area contributed by atoms with E-state index in [0.717, 1.165) is 51.4 Å². The van der Waals surface area contributed by atoms with Crippen LogP contribution in [0.4, 0.5) is 4.79 Å². The fourth-order valence-electron chi connectivity index (χ4n) is 4.11. The highest BCUT2D eigenvalue weighted by atomic mass is 16.4. The molecule has 2 unspecified atom stereocenters. The van der Waals surface area contributed by atoms with E-state index in [1.165, 1.54) is 12.8 Å². The summed E-state index contributed by atoms with van der Waals surface area (Å²) >= 11 is 0. The third-order valence-corrected chi connectivity index (χ3v) is 5.21. The van der Waals surface area contributed by atoms with Crippen LogP contribution in [0.3, 0.4) is 0 Å². The van der Waals surface area contributed by atoms with Crippen LogP contribution in [0.15, 0.2) is 0 Å². The van der Waals surface area contributed by atoms with Crippen LogP contribution in [-0.4, -0.2) is 50.6 Å². The van der Waals surface area contributed by atoms with Crippen molar-refractivity contribution in [2.24, 2.45) is 0 Å². The van der Waals surface area contributed by atoms with Gasteiger partial charge in [-0.1, -0.05) is 38.5 Å². The fraction of sp³-hybridized carbons (Fsp3) is 0.933. The van der Waals surface area contributed by atoms with Gasteiger partial charge in [0.25, 0.3) is 0 Å². The molecule has 3 aliphatic rings. The van der Waals surface area contributed by atoms with Crippen LogP contribution in [0, 0.1) is 0 Å². The number of carbonyl (C=O) groups excluding carboxylic acids is 1. The standard InChI is InChI=1S/C15H26N2O3/c18-13-14(19)17(12-9-5-2-6-10-12)15(20)16(13)11-7-3-1-4-8-11/h11-14,18-19H,1-10H2. The van der Waals surface area contributed by atoms with Crippen molar-refractivity contribution in [3.8, 4) is 0 Å². The van der Waals surface area contributed by atoms with Gasteiger partial charge in [-0.05, 0) is 25.7 Å². The Balaban J connectivity index is 1.74. The third-order valence-electron chi connectivity index (χ3n) is 5.21. The number of urea groups is 1. The van der Waals surface area contributed by atoms with Gasteiger partial charge in [0.15, 0.2) is 12.5 Å². The van der Waals surface area contributed by atoms with E-state index in [0.29, 0.717) is 0 Å². The minimum Gasteiger partial charge on any atom is -0.369 e. The molecular formula is C15H26N2O3. The molecule has 0 aromatic carbocycles. The summed E-state index contributed by atoms with van der Waals surface area (Å²) in [5.74, 6) is 0. The zero-order chi connectivity index (χ0) is 14.1. The van der Waals surface area contributed by atoms with Crippen LogP contribution in [0.25, 0.3) is 0 Å². The number of carbonyl (C=O) groups is 1. The Bertz CT molecular complexity index is 319. The van der Waals surface area contributed by atoms with Gasteiger partial charge in [0, 0.05) is 12.1 Å². The van der Waals surface area contributed by atoms with E-state index < -0.39 is 12.5 Å². The monoisotopic (exact) mass is 282 g/mol. The van der Waals surface area contributed by atoms with Crippen molar-refractivity contribution in [2.75, 3.05) is 0 Å². The predicted octanol–water partition coefficient (Wildman–Crippen LogP) is 2.03. The Labute approximate surface area is 120 Å². The second-order valence-corrected chi connectivity index (χ2v) is 6.51. The average Bonchev–Trinajstić information content (AvgIpc) is 2.71. The van der Waals surface area contributed by atoms with Gasteiger partial charge in [0.05, 0.1) is 0 Å². The van der Waals surface area contributed by atoms with Crippen LogP contribution >= 0.6 is 0 Å². The highest BCUT2D eigenvalue weighted by molar-refractivity contribution is 5.78. The number of amides is 2.